The summed E-state index contributed by atoms with van der Waals surface area (Å²) in [7, 11) is 0. The van der Waals surface area contributed by atoms with Crippen LogP contribution in [0.25, 0.3) is 0 Å². The van der Waals surface area contributed by atoms with Gasteiger partial charge in [-0.15, -0.1) is 0 Å². The molecule has 2 heterocycles. The minimum absolute atomic E-state index is 0.0838. The Hall–Kier alpha value is -1.20. The molecule has 2 aliphatic carbocycles. The van der Waals surface area contributed by atoms with Gasteiger partial charge in [-0.25, -0.2) is 4.68 Å². The molecule has 0 N–H and O–H groups in total. The maximum atomic E-state index is 12.3. The molecule has 1 aliphatic heterocycles. The Morgan fingerprint density at radius 2 is 1.64 bits per heavy atom. The van der Waals surface area contributed by atoms with Crippen molar-refractivity contribution in [1.82, 2.24) is 19.6 Å². The van der Waals surface area contributed by atoms with Crippen LogP contribution in [0.5, 0.6) is 0 Å². The molecule has 0 amide bonds. The Bertz CT molecular complexity index is 627. The number of nitrogens with zero attached hydrogens (tertiary/aromatic N) is 4. The molecule has 2 fully saturated rings. The molecule has 1 saturated carbocycles. The Morgan fingerprint density at radius 1 is 0.920 bits per heavy atom. The van der Waals surface area contributed by atoms with Crippen LogP contribution in [0.4, 0.5) is 0 Å². The summed E-state index contributed by atoms with van der Waals surface area (Å²) in [6, 6.07) is 1.83. The van der Waals surface area contributed by atoms with E-state index < -0.39 is 0 Å². The van der Waals surface area contributed by atoms with Crippen molar-refractivity contribution in [2.45, 2.75) is 57.9 Å². The summed E-state index contributed by atoms with van der Waals surface area (Å²) < 4.78 is 1.70. The minimum Gasteiger partial charge on any atom is -0.301 e. The fraction of sp³-hybridized carbons (Fsp3) is 0.800. The third-order valence-electron chi connectivity index (χ3n) is 6.36. The number of fused-ring (bicyclic) bond motifs is 1. The van der Waals surface area contributed by atoms with Crippen molar-refractivity contribution in [2.75, 3.05) is 39.3 Å². The van der Waals surface area contributed by atoms with E-state index in [1.165, 1.54) is 63.7 Å². The molecule has 0 radical (unpaired) electrons. The summed E-state index contributed by atoms with van der Waals surface area (Å²) in [5.74, 6) is 0.949. The first-order chi connectivity index (χ1) is 12.3. The molecule has 1 aromatic rings. The summed E-state index contributed by atoms with van der Waals surface area (Å²) >= 11 is 0. The number of piperazine rings is 1. The molecule has 4 rings (SSSR count). The van der Waals surface area contributed by atoms with Gasteiger partial charge in [0.1, 0.15) is 0 Å². The van der Waals surface area contributed by atoms with Crippen LogP contribution in [0.3, 0.4) is 0 Å². The molecule has 5 nitrogen and oxygen atoms in total. The molecule has 0 bridgehead atoms. The summed E-state index contributed by atoms with van der Waals surface area (Å²) in [6.07, 6.45) is 10.2. The molecule has 1 saturated heterocycles. The van der Waals surface area contributed by atoms with E-state index in [9.17, 15) is 4.79 Å². The minimum atomic E-state index is 0.0838. The number of hydrogen-bond acceptors (Lipinski definition) is 4. The Labute approximate surface area is 151 Å². The fourth-order valence-corrected chi connectivity index (χ4v) is 4.75. The van der Waals surface area contributed by atoms with Crippen LogP contribution in [0, 0.1) is 5.92 Å². The molecule has 138 valence electrons. The fourth-order valence-electron chi connectivity index (χ4n) is 4.75. The van der Waals surface area contributed by atoms with Crippen molar-refractivity contribution in [1.29, 1.82) is 0 Å². The van der Waals surface area contributed by atoms with Crippen molar-refractivity contribution in [2.24, 2.45) is 5.92 Å². The van der Waals surface area contributed by atoms with Crippen molar-refractivity contribution >= 4 is 0 Å². The molecule has 5 heteroatoms. The van der Waals surface area contributed by atoms with Crippen molar-refractivity contribution in [3.8, 4) is 0 Å². The second-order valence-corrected chi connectivity index (χ2v) is 8.18. The van der Waals surface area contributed by atoms with E-state index in [1.54, 1.807) is 4.68 Å². The highest BCUT2D eigenvalue weighted by Gasteiger charge is 2.22. The summed E-state index contributed by atoms with van der Waals surface area (Å²) in [6.45, 7) is 7.61. The predicted octanol–water partition coefficient (Wildman–Crippen LogP) is 1.93. The Balaban J connectivity index is 1.26. The van der Waals surface area contributed by atoms with Gasteiger partial charge in [0, 0.05) is 45.3 Å². The SMILES string of the molecule is O=c1cc2c(nn1CCN1CCN(CC3CCCC3)CC1)CCCC2. The van der Waals surface area contributed by atoms with E-state index in [2.05, 4.69) is 14.9 Å². The molecule has 0 aromatic carbocycles. The first-order valence-electron chi connectivity index (χ1n) is 10.3. The van der Waals surface area contributed by atoms with Crippen LogP contribution in [0.15, 0.2) is 10.9 Å². The van der Waals surface area contributed by atoms with Crippen LogP contribution in [-0.4, -0.2) is 58.8 Å². The van der Waals surface area contributed by atoms with Gasteiger partial charge in [0.15, 0.2) is 0 Å². The lowest BCUT2D eigenvalue weighted by Gasteiger charge is -2.35. The average Bonchev–Trinajstić information content (AvgIpc) is 3.14. The smallest absolute Gasteiger partial charge is 0.267 e. The Kier molecular flexibility index (Phi) is 5.51. The zero-order chi connectivity index (χ0) is 17.1. The standard InChI is InChI=1S/C20H32N4O/c25-20-15-18-7-3-4-8-19(18)21-24(20)14-13-22-9-11-23(12-10-22)16-17-5-1-2-6-17/h15,17H,1-14,16H2. The number of aromatic nitrogens is 2. The monoisotopic (exact) mass is 344 g/mol. The lowest BCUT2D eigenvalue weighted by atomic mass is 9.97. The van der Waals surface area contributed by atoms with Gasteiger partial charge in [-0.3, -0.25) is 9.69 Å². The second-order valence-electron chi connectivity index (χ2n) is 8.18. The molecule has 0 atom stereocenters. The first kappa shape index (κ1) is 17.2. The molecule has 0 unspecified atom stereocenters. The zero-order valence-corrected chi connectivity index (χ0v) is 15.5. The molecular weight excluding hydrogens is 312 g/mol. The maximum Gasteiger partial charge on any atom is 0.267 e. The zero-order valence-electron chi connectivity index (χ0n) is 15.5. The number of aryl methyl sites for hydroxylation is 2. The molecule has 1 aromatic heterocycles. The lowest BCUT2D eigenvalue weighted by molar-refractivity contribution is 0.114. The highest BCUT2D eigenvalue weighted by atomic mass is 16.1. The van der Waals surface area contributed by atoms with E-state index in [0.717, 1.165) is 50.6 Å². The van der Waals surface area contributed by atoms with Crippen molar-refractivity contribution in [3.05, 3.63) is 27.7 Å². The first-order valence-corrected chi connectivity index (χ1v) is 10.3. The van der Waals surface area contributed by atoms with E-state index in [1.807, 2.05) is 6.07 Å². The van der Waals surface area contributed by atoms with Gasteiger partial charge in [0.05, 0.1) is 12.2 Å². The van der Waals surface area contributed by atoms with Crippen LogP contribution in [-0.2, 0) is 19.4 Å². The molecule has 25 heavy (non-hydrogen) atoms. The van der Waals surface area contributed by atoms with Gasteiger partial charge >= 0.3 is 0 Å². The summed E-state index contributed by atoms with van der Waals surface area (Å²) in [5.41, 5.74) is 2.43. The van der Waals surface area contributed by atoms with E-state index in [4.69, 9.17) is 0 Å². The van der Waals surface area contributed by atoms with Crippen molar-refractivity contribution < 1.29 is 0 Å². The lowest BCUT2D eigenvalue weighted by Crippen LogP contribution is -2.48. The largest absolute Gasteiger partial charge is 0.301 e. The average molecular weight is 345 g/mol. The summed E-state index contributed by atoms with van der Waals surface area (Å²) in [5, 5.41) is 4.65. The quantitative estimate of drug-likeness (QED) is 0.818. The van der Waals surface area contributed by atoms with Gasteiger partial charge in [0.2, 0.25) is 0 Å². The molecule has 3 aliphatic rings. The number of rotatable bonds is 5. The van der Waals surface area contributed by atoms with Gasteiger partial charge in [-0.05, 0) is 50.0 Å². The van der Waals surface area contributed by atoms with E-state index >= 15 is 0 Å². The van der Waals surface area contributed by atoms with Crippen LogP contribution in [0.2, 0.25) is 0 Å². The van der Waals surface area contributed by atoms with Crippen LogP contribution < -0.4 is 5.56 Å². The van der Waals surface area contributed by atoms with E-state index in [0.29, 0.717) is 0 Å². The van der Waals surface area contributed by atoms with E-state index in [-0.39, 0.29) is 5.56 Å². The highest BCUT2D eigenvalue weighted by Crippen LogP contribution is 2.25. The molecular formula is C20H32N4O. The van der Waals surface area contributed by atoms with Gasteiger partial charge in [0.25, 0.3) is 5.56 Å². The van der Waals surface area contributed by atoms with Crippen LogP contribution >= 0.6 is 0 Å². The third kappa shape index (κ3) is 4.32. The summed E-state index contributed by atoms with van der Waals surface area (Å²) in [4.78, 5) is 17.4. The second kappa shape index (κ2) is 8.00. The van der Waals surface area contributed by atoms with Crippen LogP contribution in [0.1, 0.15) is 49.8 Å². The van der Waals surface area contributed by atoms with Gasteiger partial charge in [-0.2, -0.15) is 5.10 Å². The molecule has 0 spiro atoms. The van der Waals surface area contributed by atoms with Gasteiger partial charge in [-0.1, -0.05) is 12.8 Å². The topological polar surface area (TPSA) is 41.4 Å². The third-order valence-corrected chi connectivity index (χ3v) is 6.36. The van der Waals surface area contributed by atoms with Gasteiger partial charge < -0.3 is 4.90 Å². The number of hydrogen-bond donors (Lipinski definition) is 0. The predicted molar refractivity (Wildman–Crippen MR) is 100.0 cm³/mol. The normalized spacial score (nSPS) is 23.0. The maximum absolute atomic E-state index is 12.3. The Morgan fingerprint density at radius 3 is 2.44 bits per heavy atom. The highest BCUT2D eigenvalue weighted by molar-refractivity contribution is 5.20. The van der Waals surface area contributed by atoms with Crippen molar-refractivity contribution in [3.63, 3.8) is 0 Å².